The first-order valence-corrected chi connectivity index (χ1v) is 6.95. The molecule has 3 nitrogen and oxygen atoms in total. The molecule has 1 aromatic carbocycles. The Morgan fingerprint density at radius 2 is 1.83 bits per heavy atom. The minimum absolute atomic E-state index is 0.110. The van der Waals surface area contributed by atoms with Crippen LogP contribution in [-0.4, -0.2) is 19.8 Å². The molecule has 0 saturated heterocycles. The van der Waals surface area contributed by atoms with E-state index in [1.54, 1.807) is 0 Å². The van der Waals surface area contributed by atoms with Gasteiger partial charge in [-0.15, -0.1) is 0 Å². The monoisotopic (exact) mass is 247 g/mol. The van der Waals surface area contributed by atoms with Crippen molar-refractivity contribution in [2.45, 2.75) is 37.5 Å². The Morgan fingerprint density at radius 1 is 1.06 bits per heavy atom. The van der Waals surface area contributed by atoms with Gasteiger partial charge in [-0.1, -0.05) is 25.0 Å². The molecule has 1 saturated carbocycles. The predicted octanol–water partition coefficient (Wildman–Crippen LogP) is 2.62. The van der Waals surface area contributed by atoms with Crippen LogP contribution in [0.1, 0.15) is 37.7 Å². The fourth-order valence-electron chi connectivity index (χ4n) is 3.25. The minimum Gasteiger partial charge on any atom is -0.490 e. The van der Waals surface area contributed by atoms with E-state index in [1.165, 1.54) is 31.2 Å². The number of fused-ring (bicyclic) bond motifs is 1. The largest absolute Gasteiger partial charge is 0.490 e. The topological polar surface area (TPSA) is 44.5 Å². The lowest BCUT2D eigenvalue weighted by Crippen LogP contribution is -2.32. The van der Waals surface area contributed by atoms with Gasteiger partial charge >= 0.3 is 0 Å². The Bertz CT molecular complexity index is 425. The van der Waals surface area contributed by atoms with Gasteiger partial charge in [0.25, 0.3) is 0 Å². The number of hydrogen-bond donors (Lipinski definition) is 1. The van der Waals surface area contributed by atoms with Gasteiger partial charge in [0.15, 0.2) is 11.5 Å². The fraction of sp³-hybridized carbons (Fsp3) is 0.600. The van der Waals surface area contributed by atoms with E-state index in [-0.39, 0.29) is 5.41 Å². The summed E-state index contributed by atoms with van der Waals surface area (Å²) in [6.07, 6.45) is 5.82. The first-order valence-electron chi connectivity index (χ1n) is 6.95. The first kappa shape index (κ1) is 11.8. The van der Waals surface area contributed by atoms with Crippen molar-refractivity contribution in [1.29, 1.82) is 0 Å². The van der Waals surface area contributed by atoms with Crippen molar-refractivity contribution in [3.05, 3.63) is 23.8 Å². The second-order valence-electron chi connectivity index (χ2n) is 5.37. The highest BCUT2D eigenvalue weighted by molar-refractivity contribution is 5.51. The number of benzene rings is 1. The SMILES string of the molecule is NCC1(c2cccc3c2OCCCO3)CCCC1. The lowest BCUT2D eigenvalue weighted by atomic mass is 9.78. The van der Waals surface area contributed by atoms with Crippen molar-refractivity contribution in [1.82, 2.24) is 0 Å². The molecule has 0 spiro atoms. The van der Waals surface area contributed by atoms with Crippen LogP contribution in [0.4, 0.5) is 0 Å². The van der Waals surface area contributed by atoms with Crippen molar-refractivity contribution < 1.29 is 9.47 Å². The summed E-state index contributed by atoms with van der Waals surface area (Å²) in [4.78, 5) is 0. The van der Waals surface area contributed by atoms with Gasteiger partial charge in [0.1, 0.15) is 0 Å². The van der Waals surface area contributed by atoms with E-state index in [1.807, 2.05) is 6.07 Å². The molecule has 0 aromatic heterocycles. The molecule has 1 fully saturated rings. The molecule has 2 N–H and O–H groups in total. The number of ether oxygens (including phenoxy) is 2. The summed E-state index contributed by atoms with van der Waals surface area (Å²) >= 11 is 0. The zero-order chi connectivity index (χ0) is 12.4. The van der Waals surface area contributed by atoms with E-state index in [9.17, 15) is 0 Å². The maximum atomic E-state index is 6.08. The molecule has 1 aliphatic heterocycles. The van der Waals surface area contributed by atoms with Crippen LogP contribution in [0.25, 0.3) is 0 Å². The first-order chi connectivity index (χ1) is 8.86. The molecule has 3 rings (SSSR count). The highest BCUT2D eigenvalue weighted by Gasteiger charge is 2.37. The second-order valence-corrected chi connectivity index (χ2v) is 5.37. The van der Waals surface area contributed by atoms with E-state index in [2.05, 4.69) is 12.1 Å². The molecular weight excluding hydrogens is 226 g/mol. The predicted molar refractivity (Wildman–Crippen MR) is 71.2 cm³/mol. The maximum Gasteiger partial charge on any atom is 0.164 e. The van der Waals surface area contributed by atoms with Crippen LogP contribution in [0.5, 0.6) is 11.5 Å². The molecule has 98 valence electrons. The van der Waals surface area contributed by atoms with E-state index in [0.29, 0.717) is 6.54 Å². The van der Waals surface area contributed by atoms with Crippen molar-refractivity contribution >= 4 is 0 Å². The number of hydrogen-bond acceptors (Lipinski definition) is 3. The van der Waals surface area contributed by atoms with Crippen LogP contribution in [0.2, 0.25) is 0 Å². The molecule has 18 heavy (non-hydrogen) atoms. The van der Waals surface area contributed by atoms with E-state index in [4.69, 9.17) is 15.2 Å². The van der Waals surface area contributed by atoms with Gasteiger partial charge in [0, 0.05) is 23.9 Å². The smallest absolute Gasteiger partial charge is 0.164 e. The normalized spacial score (nSPS) is 21.6. The highest BCUT2D eigenvalue weighted by Crippen LogP contribution is 2.47. The lowest BCUT2D eigenvalue weighted by Gasteiger charge is -2.30. The van der Waals surface area contributed by atoms with E-state index >= 15 is 0 Å². The zero-order valence-electron chi connectivity index (χ0n) is 10.8. The van der Waals surface area contributed by atoms with Gasteiger partial charge in [-0.2, -0.15) is 0 Å². The molecule has 3 heteroatoms. The Hall–Kier alpha value is -1.22. The number of nitrogens with two attached hydrogens (primary N) is 1. The Morgan fingerprint density at radius 3 is 2.61 bits per heavy atom. The van der Waals surface area contributed by atoms with Crippen LogP contribution >= 0.6 is 0 Å². The average Bonchev–Trinajstić information content (AvgIpc) is 2.77. The highest BCUT2D eigenvalue weighted by atomic mass is 16.5. The molecular formula is C15H21NO2. The van der Waals surface area contributed by atoms with E-state index in [0.717, 1.165) is 31.1 Å². The van der Waals surface area contributed by atoms with Crippen molar-refractivity contribution in [2.24, 2.45) is 5.73 Å². The zero-order valence-corrected chi connectivity index (χ0v) is 10.8. The number of rotatable bonds is 2. The third kappa shape index (κ3) is 1.87. The van der Waals surface area contributed by atoms with Crippen LogP contribution in [0, 0.1) is 0 Å². The number of para-hydroxylation sites is 1. The summed E-state index contributed by atoms with van der Waals surface area (Å²) in [5.41, 5.74) is 7.45. The van der Waals surface area contributed by atoms with Crippen molar-refractivity contribution in [3.8, 4) is 11.5 Å². The van der Waals surface area contributed by atoms with E-state index < -0.39 is 0 Å². The molecule has 2 aliphatic rings. The quantitative estimate of drug-likeness (QED) is 0.873. The molecule has 1 heterocycles. The van der Waals surface area contributed by atoms with Crippen molar-refractivity contribution in [2.75, 3.05) is 19.8 Å². The van der Waals surface area contributed by atoms with Crippen LogP contribution in [0.15, 0.2) is 18.2 Å². The van der Waals surface area contributed by atoms with Gasteiger partial charge < -0.3 is 15.2 Å². The lowest BCUT2D eigenvalue weighted by molar-refractivity contribution is 0.293. The van der Waals surface area contributed by atoms with Gasteiger partial charge in [-0.3, -0.25) is 0 Å². The molecule has 1 aliphatic carbocycles. The van der Waals surface area contributed by atoms with Crippen LogP contribution in [-0.2, 0) is 5.41 Å². The molecule has 0 radical (unpaired) electrons. The van der Waals surface area contributed by atoms with Gasteiger partial charge in [0.05, 0.1) is 13.2 Å². The Kier molecular flexibility index (Phi) is 3.16. The van der Waals surface area contributed by atoms with Gasteiger partial charge in [-0.05, 0) is 18.9 Å². The molecule has 0 amide bonds. The van der Waals surface area contributed by atoms with Crippen molar-refractivity contribution in [3.63, 3.8) is 0 Å². The molecule has 0 atom stereocenters. The second kappa shape index (κ2) is 4.81. The summed E-state index contributed by atoms with van der Waals surface area (Å²) in [6, 6.07) is 6.24. The summed E-state index contributed by atoms with van der Waals surface area (Å²) in [7, 11) is 0. The summed E-state index contributed by atoms with van der Waals surface area (Å²) in [5, 5.41) is 0. The minimum atomic E-state index is 0.110. The molecule has 1 aromatic rings. The third-order valence-electron chi connectivity index (χ3n) is 4.29. The standard InChI is InChI=1S/C15H21NO2/c16-11-15(7-1-2-8-15)12-5-3-6-13-14(12)18-10-4-9-17-13/h3,5-6H,1-2,4,7-11,16H2. The van der Waals surface area contributed by atoms with Gasteiger partial charge in [0.2, 0.25) is 0 Å². The average molecular weight is 247 g/mol. The van der Waals surface area contributed by atoms with Crippen LogP contribution < -0.4 is 15.2 Å². The fourth-order valence-corrected chi connectivity index (χ4v) is 3.25. The van der Waals surface area contributed by atoms with Gasteiger partial charge in [-0.25, -0.2) is 0 Å². The Labute approximate surface area is 108 Å². The summed E-state index contributed by atoms with van der Waals surface area (Å²) < 4.78 is 11.7. The van der Waals surface area contributed by atoms with Crippen LogP contribution in [0.3, 0.4) is 0 Å². The summed E-state index contributed by atoms with van der Waals surface area (Å²) in [6.45, 7) is 2.18. The maximum absolute atomic E-state index is 6.08. The third-order valence-corrected chi connectivity index (χ3v) is 4.29. The molecule has 0 unspecified atom stereocenters. The summed E-state index contributed by atoms with van der Waals surface area (Å²) in [5.74, 6) is 1.84. The molecule has 0 bridgehead atoms. The Balaban J connectivity index is 2.06.